The number of nitrogens with two attached hydrogens (primary N) is 2. The second-order valence-corrected chi connectivity index (χ2v) is 2.95. The smallest absolute Gasteiger partial charge is 0.253 e. The number of anilines is 3. The van der Waals surface area contributed by atoms with E-state index < -0.39 is 6.29 Å². The van der Waals surface area contributed by atoms with Gasteiger partial charge in [-0.2, -0.15) is 15.0 Å². The monoisotopic (exact) mass is 230 g/mol. The summed E-state index contributed by atoms with van der Waals surface area (Å²) in [6.07, 6.45) is -0.629. The predicted molar refractivity (Wildman–Crippen MR) is 55.7 cm³/mol. The summed E-state index contributed by atoms with van der Waals surface area (Å²) in [6.45, 7) is 0.267. The zero-order valence-electron chi connectivity index (χ0n) is 8.50. The summed E-state index contributed by atoms with van der Waals surface area (Å²) < 4.78 is 0. The lowest BCUT2D eigenvalue weighted by Gasteiger charge is -2.06. The van der Waals surface area contributed by atoms with Crippen molar-refractivity contribution in [2.75, 3.05) is 23.6 Å². The van der Waals surface area contributed by atoms with E-state index in [9.17, 15) is 0 Å². The summed E-state index contributed by atoms with van der Waals surface area (Å²) in [5.74, 6) is 0.0864. The maximum atomic E-state index is 8.56. The van der Waals surface area contributed by atoms with Gasteiger partial charge in [0.05, 0.1) is 6.61 Å². The molecule has 7 N–H and O–H groups in total. The van der Waals surface area contributed by atoms with Crippen LogP contribution in [-0.2, 0) is 4.84 Å². The first-order chi connectivity index (χ1) is 7.58. The summed E-state index contributed by atoms with van der Waals surface area (Å²) in [5, 5.41) is 17.1. The van der Waals surface area contributed by atoms with Crippen LogP contribution in [0.25, 0.3) is 0 Å². The number of nitrogen functional groups attached to an aromatic ring is 2. The van der Waals surface area contributed by atoms with Gasteiger partial charge in [0.2, 0.25) is 11.9 Å². The van der Waals surface area contributed by atoms with Crippen LogP contribution in [-0.4, -0.2) is 38.1 Å². The van der Waals surface area contributed by atoms with Crippen molar-refractivity contribution in [2.24, 2.45) is 0 Å². The van der Waals surface area contributed by atoms with Crippen molar-refractivity contribution in [1.82, 2.24) is 15.0 Å². The minimum atomic E-state index is -1.33. The van der Waals surface area contributed by atoms with Crippen LogP contribution in [0.4, 0.5) is 17.8 Å². The molecule has 9 nitrogen and oxygen atoms in total. The van der Waals surface area contributed by atoms with E-state index in [4.69, 9.17) is 26.5 Å². The van der Waals surface area contributed by atoms with Crippen molar-refractivity contribution in [3.05, 3.63) is 0 Å². The standard InChI is InChI=1S/C7H14N6O3/c8-5-10-6(9)12-7(11-5)13-16-3-1-2-4(14)15/h4,14-15H,1-3H2,(H5,8,9,10,11,12,13). The lowest BCUT2D eigenvalue weighted by molar-refractivity contribution is -0.0494. The Bertz CT molecular complexity index is 314. The molecule has 0 atom stereocenters. The normalized spacial score (nSPS) is 10.7. The van der Waals surface area contributed by atoms with Gasteiger partial charge in [0, 0.05) is 6.42 Å². The average Bonchev–Trinajstić information content (AvgIpc) is 2.15. The molecule has 0 fully saturated rings. The largest absolute Gasteiger partial charge is 0.368 e. The minimum Gasteiger partial charge on any atom is -0.368 e. The summed E-state index contributed by atoms with van der Waals surface area (Å²) in [6, 6.07) is 0. The molecule has 0 aliphatic carbocycles. The zero-order valence-corrected chi connectivity index (χ0v) is 8.50. The third kappa shape index (κ3) is 4.68. The van der Waals surface area contributed by atoms with E-state index in [1.165, 1.54) is 0 Å². The van der Waals surface area contributed by atoms with Crippen LogP contribution in [0.5, 0.6) is 0 Å². The van der Waals surface area contributed by atoms with Gasteiger partial charge in [-0.1, -0.05) is 0 Å². The van der Waals surface area contributed by atoms with Crippen LogP contribution in [0.15, 0.2) is 0 Å². The highest BCUT2D eigenvalue weighted by molar-refractivity contribution is 5.35. The number of hydrogen-bond acceptors (Lipinski definition) is 9. The van der Waals surface area contributed by atoms with E-state index in [1.807, 2.05) is 0 Å². The van der Waals surface area contributed by atoms with E-state index in [2.05, 4.69) is 20.4 Å². The summed E-state index contributed by atoms with van der Waals surface area (Å²) in [4.78, 5) is 15.9. The number of nitrogens with zero attached hydrogens (tertiary/aromatic N) is 3. The van der Waals surface area contributed by atoms with Crippen LogP contribution in [0, 0.1) is 0 Å². The SMILES string of the molecule is Nc1nc(N)nc(NOCCCC(O)O)n1. The van der Waals surface area contributed by atoms with Crippen molar-refractivity contribution in [1.29, 1.82) is 0 Å². The Morgan fingerprint density at radius 3 is 2.38 bits per heavy atom. The van der Waals surface area contributed by atoms with Gasteiger partial charge in [-0.05, 0) is 6.42 Å². The number of aromatic nitrogens is 3. The van der Waals surface area contributed by atoms with Gasteiger partial charge in [-0.25, -0.2) is 5.48 Å². The molecule has 16 heavy (non-hydrogen) atoms. The van der Waals surface area contributed by atoms with Crippen LogP contribution in [0.1, 0.15) is 12.8 Å². The Kier molecular flexibility index (Phi) is 4.64. The topological polar surface area (TPSA) is 152 Å². The number of rotatable bonds is 6. The molecule has 0 aliphatic heterocycles. The Hall–Kier alpha value is -1.71. The highest BCUT2D eigenvalue weighted by Crippen LogP contribution is 2.03. The lowest BCUT2D eigenvalue weighted by atomic mass is 10.3. The fourth-order valence-corrected chi connectivity index (χ4v) is 0.909. The highest BCUT2D eigenvalue weighted by atomic mass is 16.6. The summed E-state index contributed by atoms with van der Waals surface area (Å²) in [7, 11) is 0. The second-order valence-electron chi connectivity index (χ2n) is 2.95. The molecule has 1 aromatic rings. The van der Waals surface area contributed by atoms with Crippen molar-refractivity contribution in [3.63, 3.8) is 0 Å². The third-order valence-corrected chi connectivity index (χ3v) is 1.54. The second kappa shape index (κ2) is 6.00. The van der Waals surface area contributed by atoms with E-state index in [-0.39, 0.29) is 30.9 Å². The molecule has 1 heterocycles. The number of aliphatic hydroxyl groups is 2. The Morgan fingerprint density at radius 2 is 1.81 bits per heavy atom. The fourth-order valence-electron chi connectivity index (χ4n) is 0.909. The Balaban J connectivity index is 2.26. The molecule has 9 heteroatoms. The molecule has 1 aromatic heterocycles. The van der Waals surface area contributed by atoms with Crippen molar-refractivity contribution >= 4 is 17.8 Å². The van der Waals surface area contributed by atoms with Crippen LogP contribution in [0.2, 0.25) is 0 Å². The molecule has 0 radical (unpaired) electrons. The van der Waals surface area contributed by atoms with E-state index in [0.717, 1.165) is 0 Å². The van der Waals surface area contributed by atoms with Crippen LogP contribution >= 0.6 is 0 Å². The molecule has 0 amide bonds. The molecule has 0 spiro atoms. The van der Waals surface area contributed by atoms with Gasteiger partial charge in [-0.3, -0.25) is 4.84 Å². The number of hydrogen-bond donors (Lipinski definition) is 5. The van der Waals surface area contributed by atoms with Gasteiger partial charge in [0.1, 0.15) is 0 Å². The van der Waals surface area contributed by atoms with Gasteiger partial charge in [-0.15, -0.1) is 0 Å². The van der Waals surface area contributed by atoms with Gasteiger partial charge in [0.25, 0.3) is 5.95 Å². The Labute approximate surface area is 91.4 Å². The van der Waals surface area contributed by atoms with Crippen molar-refractivity contribution in [2.45, 2.75) is 19.1 Å². The first-order valence-corrected chi connectivity index (χ1v) is 4.59. The maximum Gasteiger partial charge on any atom is 0.253 e. The van der Waals surface area contributed by atoms with Crippen molar-refractivity contribution in [3.8, 4) is 0 Å². The van der Waals surface area contributed by atoms with Gasteiger partial charge >= 0.3 is 0 Å². The molecule has 0 saturated carbocycles. The number of aliphatic hydroxyl groups excluding tert-OH is 1. The first-order valence-electron chi connectivity index (χ1n) is 4.59. The molecule has 1 rings (SSSR count). The molecule has 0 aliphatic rings. The fraction of sp³-hybridized carbons (Fsp3) is 0.571. The molecular weight excluding hydrogens is 216 g/mol. The average molecular weight is 230 g/mol. The summed E-state index contributed by atoms with van der Waals surface area (Å²) >= 11 is 0. The van der Waals surface area contributed by atoms with Gasteiger partial charge in [0.15, 0.2) is 6.29 Å². The zero-order chi connectivity index (χ0) is 12.0. The predicted octanol–water partition coefficient (Wildman–Crippen LogP) is -1.53. The molecular formula is C7H14N6O3. The molecule has 0 bridgehead atoms. The molecule has 0 unspecified atom stereocenters. The third-order valence-electron chi connectivity index (χ3n) is 1.54. The molecule has 90 valence electrons. The van der Waals surface area contributed by atoms with E-state index >= 15 is 0 Å². The van der Waals surface area contributed by atoms with Crippen LogP contribution in [0.3, 0.4) is 0 Å². The quantitative estimate of drug-likeness (QED) is 0.222. The number of nitrogens with one attached hydrogen (secondary N) is 1. The summed E-state index contributed by atoms with van der Waals surface area (Å²) in [5.41, 5.74) is 13.1. The molecule has 0 aromatic carbocycles. The van der Waals surface area contributed by atoms with Crippen LogP contribution < -0.4 is 16.9 Å². The van der Waals surface area contributed by atoms with E-state index in [1.54, 1.807) is 0 Å². The maximum absolute atomic E-state index is 8.56. The van der Waals surface area contributed by atoms with Gasteiger partial charge < -0.3 is 21.7 Å². The molecule has 0 saturated heterocycles. The Morgan fingerprint density at radius 1 is 1.19 bits per heavy atom. The van der Waals surface area contributed by atoms with E-state index in [0.29, 0.717) is 6.42 Å². The first kappa shape index (κ1) is 12.4. The minimum absolute atomic E-state index is 0.00983. The van der Waals surface area contributed by atoms with Crippen molar-refractivity contribution < 1.29 is 15.1 Å². The lowest BCUT2D eigenvalue weighted by Crippen LogP contribution is -2.12. The highest BCUT2D eigenvalue weighted by Gasteiger charge is 2.01.